The van der Waals surface area contributed by atoms with E-state index in [1.807, 2.05) is 32.2 Å². The third-order valence-electron chi connectivity index (χ3n) is 2.45. The zero-order valence-corrected chi connectivity index (χ0v) is 11.1. The molecule has 16 heavy (non-hydrogen) atoms. The number of carbonyl (C=O) groups is 1. The topological polar surface area (TPSA) is 49.3 Å². The summed E-state index contributed by atoms with van der Waals surface area (Å²) in [5, 5.41) is 14.1. The van der Waals surface area contributed by atoms with E-state index in [9.17, 15) is 4.79 Å². The second-order valence-corrected chi connectivity index (χ2v) is 5.67. The minimum Gasteiger partial charge on any atom is -0.480 e. The van der Waals surface area contributed by atoms with Crippen molar-refractivity contribution in [2.75, 3.05) is 0 Å². The van der Waals surface area contributed by atoms with Gasteiger partial charge in [-0.05, 0) is 29.9 Å². The van der Waals surface area contributed by atoms with E-state index in [4.69, 9.17) is 16.7 Å². The Kier molecular flexibility index (Phi) is 4.77. The maximum absolute atomic E-state index is 11.0. The van der Waals surface area contributed by atoms with Gasteiger partial charge in [0.25, 0.3) is 0 Å². The van der Waals surface area contributed by atoms with Crippen LogP contribution in [0.25, 0.3) is 0 Å². The van der Waals surface area contributed by atoms with Gasteiger partial charge in [0, 0.05) is 6.04 Å². The van der Waals surface area contributed by atoms with Gasteiger partial charge in [0.2, 0.25) is 0 Å². The van der Waals surface area contributed by atoms with E-state index >= 15 is 0 Å². The molecule has 0 amide bonds. The Hall–Kier alpha value is -0.580. The van der Waals surface area contributed by atoms with Gasteiger partial charge in [0.1, 0.15) is 6.04 Å². The van der Waals surface area contributed by atoms with Gasteiger partial charge in [0.05, 0.1) is 4.34 Å². The number of halogens is 1. The van der Waals surface area contributed by atoms with Crippen LogP contribution in [-0.2, 0) is 4.79 Å². The molecule has 0 fully saturated rings. The first-order valence-electron chi connectivity index (χ1n) is 5.14. The summed E-state index contributed by atoms with van der Waals surface area (Å²) in [6, 6.07) is 1.32. The monoisotopic (exact) mass is 261 g/mol. The summed E-state index contributed by atoms with van der Waals surface area (Å²) in [6.07, 6.45) is 0. The van der Waals surface area contributed by atoms with Gasteiger partial charge in [0.15, 0.2) is 0 Å². The van der Waals surface area contributed by atoms with Crippen LogP contribution in [0.15, 0.2) is 11.4 Å². The number of nitrogens with one attached hydrogen (secondary N) is 1. The number of rotatable bonds is 5. The molecule has 0 aliphatic rings. The van der Waals surface area contributed by atoms with Crippen LogP contribution in [0.2, 0.25) is 4.34 Å². The lowest BCUT2D eigenvalue weighted by Crippen LogP contribution is -2.42. The van der Waals surface area contributed by atoms with E-state index in [2.05, 4.69) is 5.32 Å². The molecule has 2 atom stereocenters. The van der Waals surface area contributed by atoms with Gasteiger partial charge >= 0.3 is 5.97 Å². The second kappa shape index (κ2) is 5.66. The third kappa shape index (κ3) is 3.47. The number of carboxylic acid groups (broad SMARTS) is 1. The summed E-state index contributed by atoms with van der Waals surface area (Å²) in [6.45, 7) is 5.72. The van der Waals surface area contributed by atoms with E-state index in [1.54, 1.807) is 0 Å². The van der Waals surface area contributed by atoms with Crippen molar-refractivity contribution >= 4 is 28.9 Å². The van der Waals surface area contributed by atoms with Crippen LogP contribution in [0.4, 0.5) is 0 Å². The Morgan fingerprint density at radius 1 is 1.50 bits per heavy atom. The van der Waals surface area contributed by atoms with Crippen molar-refractivity contribution in [3.05, 3.63) is 21.3 Å². The molecule has 0 aromatic carbocycles. The van der Waals surface area contributed by atoms with Crippen LogP contribution in [-0.4, -0.2) is 17.1 Å². The van der Waals surface area contributed by atoms with Crippen LogP contribution in [0.1, 0.15) is 32.4 Å². The van der Waals surface area contributed by atoms with Crippen LogP contribution in [0, 0.1) is 5.92 Å². The fraction of sp³-hybridized carbons (Fsp3) is 0.545. The van der Waals surface area contributed by atoms with Crippen LogP contribution in [0.5, 0.6) is 0 Å². The van der Waals surface area contributed by atoms with Crippen LogP contribution >= 0.6 is 22.9 Å². The smallest absolute Gasteiger partial charge is 0.320 e. The van der Waals surface area contributed by atoms with Gasteiger partial charge in [-0.3, -0.25) is 10.1 Å². The first-order chi connectivity index (χ1) is 7.41. The van der Waals surface area contributed by atoms with Gasteiger partial charge in [-0.2, -0.15) is 0 Å². The van der Waals surface area contributed by atoms with Gasteiger partial charge in [-0.25, -0.2) is 0 Å². The van der Waals surface area contributed by atoms with Crippen LogP contribution in [0.3, 0.4) is 0 Å². The Morgan fingerprint density at radius 2 is 2.12 bits per heavy atom. The molecule has 5 heteroatoms. The zero-order chi connectivity index (χ0) is 12.3. The normalized spacial score (nSPS) is 15.1. The summed E-state index contributed by atoms with van der Waals surface area (Å²) >= 11 is 7.30. The molecule has 1 rings (SSSR count). The minimum atomic E-state index is -0.817. The molecule has 0 bridgehead atoms. The molecule has 0 saturated heterocycles. The average molecular weight is 262 g/mol. The molecule has 0 aliphatic carbocycles. The molecule has 0 radical (unpaired) electrons. The SMILES string of the molecule is CC(NC(C(=O)O)C(C)C)c1csc(Cl)c1. The van der Waals surface area contributed by atoms with Crippen molar-refractivity contribution in [1.29, 1.82) is 0 Å². The number of carboxylic acids is 1. The fourth-order valence-corrected chi connectivity index (χ4v) is 2.45. The maximum atomic E-state index is 11.0. The molecule has 0 spiro atoms. The molecular weight excluding hydrogens is 246 g/mol. The van der Waals surface area contributed by atoms with E-state index in [0.717, 1.165) is 9.90 Å². The Bertz CT molecular complexity index is 365. The molecule has 2 unspecified atom stereocenters. The number of thiophene rings is 1. The summed E-state index contributed by atoms with van der Waals surface area (Å²) in [5.74, 6) is -0.766. The molecule has 2 N–H and O–H groups in total. The highest BCUT2D eigenvalue weighted by atomic mass is 35.5. The maximum Gasteiger partial charge on any atom is 0.320 e. The number of aliphatic carboxylic acids is 1. The zero-order valence-electron chi connectivity index (χ0n) is 9.53. The highest BCUT2D eigenvalue weighted by Crippen LogP contribution is 2.25. The van der Waals surface area contributed by atoms with E-state index in [0.29, 0.717) is 0 Å². The van der Waals surface area contributed by atoms with Gasteiger partial charge in [-0.15, -0.1) is 11.3 Å². The molecular formula is C11H16ClNO2S. The molecule has 0 aliphatic heterocycles. The van der Waals surface area contributed by atoms with Crippen molar-refractivity contribution in [2.45, 2.75) is 32.9 Å². The van der Waals surface area contributed by atoms with Crippen molar-refractivity contribution in [3.63, 3.8) is 0 Å². The predicted octanol–water partition coefficient (Wildman–Crippen LogP) is 3.16. The van der Waals surface area contributed by atoms with E-state index in [-0.39, 0.29) is 12.0 Å². The summed E-state index contributed by atoms with van der Waals surface area (Å²) in [7, 11) is 0. The minimum absolute atomic E-state index is 0.00718. The van der Waals surface area contributed by atoms with E-state index < -0.39 is 12.0 Å². The fourth-order valence-electron chi connectivity index (χ4n) is 1.46. The van der Waals surface area contributed by atoms with Crippen molar-refractivity contribution < 1.29 is 9.90 Å². The number of hydrogen-bond donors (Lipinski definition) is 2. The Balaban J connectivity index is 2.68. The lowest BCUT2D eigenvalue weighted by molar-refractivity contribution is -0.140. The van der Waals surface area contributed by atoms with E-state index in [1.165, 1.54) is 11.3 Å². The summed E-state index contributed by atoms with van der Waals surface area (Å²) < 4.78 is 0.722. The largest absolute Gasteiger partial charge is 0.480 e. The highest BCUT2D eigenvalue weighted by molar-refractivity contribution is 7.14. The standard InChI is InChI=1S/C11H16ClNO2S/c1-6(2)10(11(14)15)13-7(3)8-4-9(12)16-5-8/h4-7,10,13H,1-3H3,(H,14,15). The molecule has 1 aromatic heterocycles. The van der Waals surface area contributed by atoms with Gasteiger partial charge < -0.3 is 5.11 Å². The number of hydrogen-bond acceptors (Lipinski definition) is 3. The Morgan fingerprint density at radius 3 is 2.50 bits per heavy atom. The molecule has 90 valence electrons. The summed E-state index contributed by atoms with van der Waals surface area (Å²) in [4.78, 5) is 11.0. The van der Waals surface area contributed by atoms with Gasteiger partial charge in [-0.1, -0.05) is 25.4 Å². The average Bonchev–Trinajstić information content (AvgIpc) is 2.59. The van der Waals surface area contributed by atoms with Crippen molar-refractivity contribution in [2.24, 2.45) is 5.92 Å². The predicted molar refractivity (Wildman–Crippen MR) is 67.1 cm³/mol. The highest BCUT2D eigenvalue weighted by Gasteiger charge is 2.23. The third-order valence-corrected chi connectivity index (χ3v) is 3.56. The summed E-state index contributed by atoms with van der Waals surface area (Å²) in [5.41, 5.74) is 1.03. The quantitative estimate of drug-likeness (QED) is 0.856. The van der Waals surface area contributed by atoms with Crippen LogP contribution < -0.4 is 5.32 Å². The van der Waals surface area contributed by atoms with Crippen molar-refractivity contribution in [3.8, 4) is 0 Å². The Labute approximate surface area is 104 Å². The first-order valence-corrected chi connectivity index (χ1v) is 6.40. The van der Waals surface area contributed by atoms with Crippen molar-refractivity contribution in [1.82, 2.24) is 5.32 Å². The lowest BCUT2D eigenvalue weighted by Gasteiger charge is -2.22. The second-order valence-electron chi connectivity index (χ2n) is 4.13. The lowest BCUT2D eigenvalue weighted by atomic mass is 10.0. The molecule has 1 aromatic rings. The molecule has 3 nitrogen and oxygen atoms in total. The molecule has 0 saturated carbocycles. The first kappa shape index (κ1) is 13.5. The molecule has 1 heterocycles.